The number of hydrogen-bond donors (Lipinski definition) is 0. The van der Waals surface area contributed by atoms with Crippen LogP contribution in [0.15, 0.2) is 200 Å². The smallest absolute Gasteiger partial charge is 0.164 e. The van der Waals surface area contributed by atoms with Crippen molar-refractivity contribution in [3.05, 3.63) is 222 Å². The van der Waals surface area contributed by atoms with Crippen LogP contribution in [0.2, 0.25) is 0 Å². The largest absolute Gasteiger partial charge is 0.208 e. The number of aromatic nitrogens is 3. The van der Waals surface area contributed by atoms with Gasteiger partial charge in [0.2, 0.25) is 0 Å². The van der Waals surface area contributed by atoms with E-state index in [9.17, 15) is 0 Å². The number of hydrogen-bond acceptors (Lipinski definition) is 3. The van der Waals surface area contributed by atoms with Gasteiger partial charge in [0.05, 0.1) is 5.41 Å². The molecule has 0 radical (unpaired) electrons. The van der Waals surface area contributed by atoms with Crippen LogP contribution in [0.5, 0.6) is 0 Å². The zero-order valence-electron chi connectivity index (χ0n) is 28.9. The molecule has 0 aliphatic heterocycles. The number of rotatable bonds is 6. The summed E-state index contributed by atoms with van der Waals surface area (Å²) >= 11 is 0. The fraction of sp³-hybridized carbons (Fsp3) is 0.0200. The predicted octanol–water partition coefficient (Wildman–Crippen LogP) is 12.1. The molecule has 1 aliphatic rings. The minimum absolute atomic E-state index is 0.459. The van der Waals surface area contributed by atoms with Gasteiger partial charge in [-0.15, -0.1) is 0 Å². The Morgan fingerprint density at radius 1 is 0.321 bits per heavy atom. The van der Waals surface area contributed by atoms with Crippen LogP contribution in [0.3, 0.4) is 0 Å². The van der Waals surface area contributed by atoms with Crippen LogP contribution in [0.25, 0.3) is 67.2 Å². The molecule has 0 spiro atoms. The molecule has 53 heavy (non-hydrogen) atoms. The molecule has 3 nitrogen and oxygen atoms in total. The highest BCUT2D eigenvalue weighted by atomic mass is 15.0. The van der Waals surface area contributed by atoms with Crippen molar-refractivity contribution >= 4 is 10.8 Å². The number of nitrogens with zero attached hydrogens (tertiary/aromatic N) is 3. The lowest BCUT2D eigenvalue weighted by Gasteiger charge is -2.34. The first-order valence-electron chi connectivity index (χ1n) is 18.0. The molecule has 0 saturated carbocycles. The summed E-state index contributed by atoms with van der Waals surface area (Å²) in [5.74, 6) is 1.95. The van der Waals surface area contributed by atoms with Crippen LogP contribution in [0.1, 0.15) is 22.3 Å². The fourth-order valence-corrected chi connectivity index (χ4v) is 8.30. The Balaban J connectivity index is 1.20. The molecule has 0 saturated heterocycles. The summed E-state index contributed by atoms with van der Waals surface area (Å²) in [6.07, 6.45) is 0. The van der Waals surface area contributed by atoms with Crippen molar-refractivity contribution in [3.63, 3.8) is 0 Å². The van der Waals surface area contributed by atoms with Crippen molar-refractivity contribution in [3.8, 4) is 56.4 Å². The average Bonchev–Trinajstić information content (AvgIpc) is 3.56. The third-order valence-electron chi connectivity index (χ3n) is 10.6. The van der Waals surface area contributed by atoms with Gasteiger partial charge in [-0.2, -0.15) is 0 Å². The molecular formula is C50H33N3. The molecule has 1 aliphatic carbocycles. The van der Waals surface area contributed by atoms with E-state index < -0.39 is 5.41 Å². The quantitative estimate of drug-likeness (QED) is 0.176. The third-order valence-corrected chi connectivity index (χ3v) is 10.6. The van der Waals surface area contributed by atoms with Gasteiger partial charge in [0.1, 0.15) is 0 Å². The summed E-state index contributed by atoms with van der Waals surface area (Å²) in [6.45, 7) is 0. The summed E-state index contributed by atoms with van der Waals surface area (Å²) in [7, 11) is 0. The van der Waals surface area contributed by atoms with E-state index in [0.29, 0.717) is 17.5 Å². The molecule has 248 valence electrons. The lowest BCUT2D eigenvalue weighted by Crippen LogP contribution is -2.28. The Morgan fingerprint density at radius 2 is 0.811 bits per heavy atom. The molecule has 10 rings (SSSR count). The van der Waals surface area contributed by atoms with Gasteiger partial charge >= 0.3 is 0 Å². The second-order valence-electron chi connectivity index (χ2n) is 13.5. The zero-order chi connectivity index (χ0) is 35.2. The lowest BCUT2D eigenvalue weighted by atomic mass is 9.67. The maximum Gasteiger partial charge on any atom is 0.164 e. The number of fused-ring (bicyclic) bond motifs is 4. The SMILES string of the molecule is c1ccc(-c2nc(-c3ccccc3)nc(-c3cccc4ccc(-c5cccc6c5-c5ccccc5C6(c5ccccc5)c5ccccc5)cc34)n2)cc1. The summed E-state index contributed by atoms with van der Waals surface area (Å²) in [5, 5.41) is 2.22. The van der Waals surface area contributed by atoms with Gasteiger partial charge in [-0.25, -0.2) is 15.0 Å². The Labute approximate surface area is 309 Å². The second kappa shape index (κ2) is 12.7. The molecule has 3 heteroatoms. The molecule has 0 fully saturated rings. The van der Waals surface area contributed by atoms with E-state index in [4.69, 9.17) is 15.0 Å². The average molecular weight is 676 g/mol. The maximum atomic E-state index is 5.10. The second-order valence-corrected chi connectivity index (χ2v) is 13.5. The minimum atomic E-state index is -0.459. The van der Waals surface area contributed by atoms with Gasteiger partial charge in [0.15, 0.2) is 17.5 Å². The van der Waals surface area contributed by atoms with Crippen molar-refractivity contribution in [2.75, 3.05) is 0 Å². The minimum Gasteiger partial charge on any atom is -0.208 e. The van der Waals surface area contributed by atoms with E-state index in [-0.39, 0.29) is 0 Å². The molecule has 0 N–H and O–H groups in total. The molecular weight excluding hydrogens is 643 g/mol. The standard InChI is InChI=1S/C50H33N3/c1-5-17-35(18-6-1)47-51-48(36-19-7-2-8-20-36)53-49(52-47)41-28-15-21-34-31-32-37(33-43(34)41)40-27-16-30-45-46(40)42-26-13-14-29-44(42)50(45,38-22-9-3-10-23-38)39-24-11-4-12-25-39/h1-33H. The van der Waals surface area contributed by atoms with Gasteiger partial charge < -0.3 is 0 Å². The first-order chi connectivity index (χ1) is 26.3. The predicted molar refractivity (Wildman–Crippen MR) is 216 cm³/mol. The molecule has 1 heterocycles. The Kier molecular flexibility index (Phi) is 7.36. The van der Waals surface area contributed by atoms with E-state index in [1.807, 2.05) is 60.7 Å². The van der Waals surface area contributed by atoms with Crippen LogP contribution in [-0.2, 0) is 5.41 Å². The highest BCUT2D eigenvalue weighted by Crippen LogP contribution is 2.58. The van der Waals surface area contributed by atoms with Crippen LogP contribution >= 0.6 is 0 Å². The monoisotopic (exact) mass is 675 g/mol. The first-order valence-corrected chi connectivity index (χ1v) is 18.0. The topological polar surface area (TPSA) is 38.7 Å². The Bertz CT molecular complexity index is 2660. The molecule has 0 amide bonds. The number of benzene rings is 8. The van der Waals surface area contributed by atoms with E-state index in [1.54, 1.807) is 0 Å². The highest BCUT2D eigenvalue weighted by molar-refractivity contribution is 6.01. The van der Waals surface area contributed by atoms with Crippen molar-refractivity contribution < 1.29 is 0 Å². The van der Waals surface area contributed by atoms with Gasteiger partial charge in [0.25, 0.3) is 0 Å². The van der Waals surface area contributed by atoms with Gasteiger partial charge in [0, 0.05) is 16.7 Å². The third kappa shape index (κ3) is 5.01. The van der Waals surface area contributed by atoms with Gasteiger partial charge in [-0.05, 0) is 61.3 Å². The van der Waals surface area contributed by atoms with Crippen molar-refractivity contribution in [1.29, 1.82) is 0 Å². The summed E-state index contributed by atoms with van der Waals surface area (Å²) in [4.78, 5) is 15.2. The first kappa shape index (κ1) is 30.8. The Morgan fingerprint density at radius 3 is 1.45 bits per heavy atom. The van der Waals surface area contributed by atoms with Crippen LogP contribution in [-0.4, -0.2) is 15.0 Å². The highest BCUT2D eigenvalue weighted by Gasteiger charge is 2.46. The van der Waals surface area contributed by atoms with Crippen LogP contribution in [0.4, 0.5) is 0 Å². The molecule has 9 aromatic rings. The molecule has 0 bridgehead atoms. The normalized spacial score (nSPS) is 12.7. The maximum absolute atomic E-state index is 5.10. The van der Waals surface area contributed by atoms with Gasteiger partial charge in [-0.3, -0.25) is 0 Å². The van der Waals surface area contributed by atoms with E-state index in [0.717, 1.165) is 33.0 Å². The molecule has 0 unspecified atom stereocenters. The summed E-state index contributed by atoms with van der Waals surface area (Å²) in [5.41, 5.74) is 12.4. The van der Waals surface area contributed by atoms with Crippen LogP contribution in [0, 0.1) is 0 Å². The molecule has 8 aromatic carbocycles. The van der Waals surface area contributed by atoms with E-state index in [1.165, 1.54) is 38.9 Å². The molecule has 1 aromatic heterocycles. The lowest BCUT2D eigenvalue weighted by molar-refractivity contribution is 0.768. The van der Waals surface area contributed by atoms with Gasteiger partial charge in [-0.1, -0.05) is 194 Å². The van der Waals surface area contributed by atoms with E-state index in [2.05, 4.69) is 140 Å². The zero-order valence-corrected chi connectivity index (χ0v) is 28.9. The van der Waals surface area contributed by atoms with E-state index >= 15 is 0 Å². The van der Waals surface area contributed by atoms with Crippen molar-refractivity contribution in [1.82, 2.24) is 15.0 Å². The van der Waals surface area contributed by atoms with Crippen molar-refractivity contribution in [2.24, 2.45) is 0 Å². The van der Waals surface area contributed by atoms with Crippen molar-refractivity contribution in [2.45, 2.75) is 5.41 Å². The van der Waals surface area contributed by atoms with Crippen LogP contribution < -0.4 is 0 Å². The Hall–Kier alpha value is -6.97. The summed E-state index contributed by atoms with van der Waals surface area (Å²) in [6, 6.07) is 71.2. The molecule has 0 atom stereocenters. The summed E-state index contributed by atoms with van der Waals surface area (Å²) < 4.78 is 0. The fourth-order valence-electron chi connectivity index (χ4n) is 8.30.